The number of rotatable bonds is 9. The smallest absolute Gasteiger partial charge is 0.220 e. The van der Waals surface area contributed by atoms with Gasteiger partial charge in [0.1, 0.15) is 16.5 Å². The highest BCUT2D eigenvalue weighted by Crippen LogP contribution is 2.32. The Hall–Kier alpha value is -2.86. The maximum Gasteiger partial charge on any atom is 0.220 e. The first-order valence-electron chi connectivity index (χ1n) is 9.17. The fourth-order valence-electron chi connectivity index (χ4n) is 2.94. The molecule has 0 bridgehead atoms. The van der Waals surface area contributed by atoms with E-state index >= 15 is 0 Å². The van der Waals surface area contributed by atoms with Gasteiger partial charge in [-0.05, 0) is 36.6 Å². The van der Waals surface area contributed by atoms with Crippen molar-refractivity contribution in [3.63, 3.8) is 0 Å². The quantitative estimate of drug-likeness (QED) is 0.591. The summed E-state index contributed by atoms with van der Waals surface area (Å²) in [5, 5.41) is 5.88. The van der Waals surface area contributed by atoms with Crippen LogP contribution in [0.1, 0.15) is 17.7 Å². The van der Waals surface area contributed by atoms with Gasteiger partial charge >= 0.3 is 0 Å². The first kappa shape index (κ1) is 19.9. The van der Waals surface area contributed by atoms with Crippen molar-refractivity contribution in [3.8, 4) is 22.1 Å². The second-order valence-electron chi connectivity index (χ2n) is 6.26. The first-order chi connectivity index (χ1) is 13.7. The molecule has 1 heterocycles. The lowest BCUT2D eigenvalue weighted by molar-refractivity contribution is -0.121. The molecule has 0 aliphatic rings. The molecule has 0 spiro atoms. The van der Waals surface area contributed by atoms with E-state index in [1.807, 2.05) is 53.9 Å². The predicted octanol–water partition coefficient (Wildman–Crippen LogP) is 4.12. The highest BCUT2D eigenvalue weighted by molar-refractivity contribution is 7.13. The van der Waals surface area contributed by atoms with Gasteiger partial charge in [-0.1, -0.05) is 30.3 Å². The van der Waals surface area contributed by atoms with Crippen LogP contribution in [0, 0.1) is 0 Å². The Kier molecular flexibility index (Phi) is 7.03. The molecular formula is C22H24N2O3S. The normalized spacial score (nSPS) is 10.5. The number of nitrogens with zero attached hydrogens (tertiary/aromatic N) is 1. The number of para-hydroxylation sites is 2. The van der Waals surface area contributed by atoms with Gasteiger partial charge in [0.05, 0.1) is 25.5 Å². The van der Waals surface area contributed by atoms with Gasteiger partial charge in [0.2, 0.25) is 5.91 Å². The standard InChI is InChI=1S/C22H24N2O3S/c1-26-19-9-5-3-7-16(19)13-14-23-21(25)12-11-17-15-28-22(24-17)18-8-4-6-10-20(18)27-2/h3-10,15H,11-14H2,1-2H3,(H,23,25). The Balaban J connectivity index is 1.48. The summed E-state index contributed by atoms with van der Waals surface area (Å²) in [5.41, 5.74) is 2.99. The molecule has 1 aromatic heterocycles. The van der Waals surface area contributed by atoms with E-state index in [0.29, 0.717) is 19.4 Å². The molecule has 3 rings (SSSR count). The van der Waals surface area contributed by atoms with Crippen molar-refractivity contribution in [2.75, 3.05) is 20.8 Å². The summed E-state index contributed by atoms with van der Waals surface area (Å²) < 4.78 is 10.7. The molecule has 1 amide bonds. The zero-order chi connectivity index (χ0) is 19.8. The molecule has 0 aliphatic heterocycles. The number of hydrogen-bond acceptors (Lipinski definition) is 5. The van der Waals surface area contributed by atoms with E-state index in [-0.39, 0.29) is 5.91 Å². The van der Waals surface area contributed by atoms with Crippen LogP contribution in [-0.4, -0.2) is 31.7 Å². The molecule has 0 saturated carbocycles. The number of nitrogens with one attached hydrogen (secondary N) is 1. The third kappa shape index (κ3) is 5.10. The second kappa shape index (κ2) is 9.90. The van der Waals surface area contributed by atoms with Crippen LogP contribution >= 0.6 is 11.3 Å². The summed E-state index contributed by atoms with van der Waals surface area (Å²) in [6, 6.07) is 15.7. The summed E-state index contributed by atoms with van der Waals surface area (Å²) in [5.74, 6) is 1.68. The van der Waals surface area contributed by atoms with Crippen molar-refractivity contribution in [1.82, 2.24) is 10.3 Å². The van der Waals surface area contributed by atoms with Gasteiger partial charge < -0.3 is 14.8 Å². The lowest BCUT2D eigenvalue weighted by atomic mass is 10.1. The monoisotopic (exact) mass is 396 g/mol. The van der Waals surface area contributed by atoms with Gasteiger partial charge in [0, 0.05) is 18.3 Å². The molecule has 0 saturated heterocycles. The third-order valence-electron chi connectivity index (χ3n) is 4.41. The lowest BCUT2D eigenvalue weighted by Crippen LogP contribution is -2.26. The number of methoxy groups -OCH3 is 2. The van der Waals surface area contributed by atoms with E-state index in [1.165, 1.54) is 0 Å². The number of benzene rings is 2. The maximum atomic E-state index is 12.2. The molecular weight excluding hydrogens is 372 g/mol. The Morgan fingerprint density at radius 1 is 1.00 bits per heavy atom. The van der Waals surface area contributed by atoms with Crippen molar-refractivity contribution in [3.05, 3.63) is 65.2 Å². The first-order valence-corrected chi connectivity index (χ1v) is 10.1. The molecule has 0 unspecified atom stereocenters. The SMILES string of the molecule is COc1ccccc1CCNC(=O)CCc1csc(-c2ccccc2OC)n1. The largest absolute Gasteiger partial charge is 0.496 e. The van der Waals surface area contributed by atoms with Gasteiger partial charge in [0.25, 0.3) is 0 Å². The van der Waals surface area contributed by atoms with Crippen LogP contribution in [-0.2, 0) is 17.6 Å². The van der Waals surface area contributed by atoms with Gasteiger partial charge in [-0.25, -0.2) is 4.98 Å². The average Bonchev–Trinajstić information content (AvgIpc) is 3.21. The summed E-state index contributed by atoms with van der Waals surface area (Å²) >= 11 is 1.57. The highest BCUT2D eigenvalue weighted by Gasteiger charge is 2.11. The average molecular weight is 397 g/mol. The van der Waals surface area contributed by atoms with Crippen LogP contribution < -0.4 is 14.8 Å². The number of hydrogen-bond donors (Lipinski definition) is 1. The zero-order valence-corrected chi connectivity index (χ0v) is 16.9. The maximum absolute atomic E-state index is 12.2. The van der Waals surface area contributed by atoms with E-state index in [1.54, 1.807) is 25.6 Å². The molecule has 6 heteroatoms. The van der Waals surface area contributed by atoms with Crippen LogP contribution in [0.2, 0.25) is 0 Å². The highest BCUT2D eigenvalue weighted by atomic mass is 32.1. The van der Waals surface area contributed by atoms with Gasteiger partial charge in [-0.3, -0.25) is 4.79 Å². The summed E-state index contributed by atoms with van der Waals surface area (Å²) in [4.78, 5) is 16.8. The van der Waals surface area contributed by atoms with E-state index in [9.17, 15) is 4.79 Å². The molecule has 28 heavy (non-hydrogen) atoms. The molecule has 0 aliphatic carbocycles. The minimum atomic E-state index is 0.0294. The zero-order valence-electron chi connectivity index (χ0n) is 16.1. The number of ether oxygens (including phenoxy) is 2. The number of thiazole rings is 1. The second-order valence-corrected chi connectivity index (χ2v) is 7.11. The van der Waals surface area contributed by atoms with Crippen LogP contribution in [0.5, 0.6) is 11.5 Å². The molecule has 0 radical (unpaired) electrons. The van der Waals surface area contributed by atoms with Crippen molar-refractivity contribution < 1.29 is 14.3 Å². The van der Waals surface area contributed by atoms with Gasteiger partial charge in [0.15, 0.2) is 0 Å². The molecule has 5 nitrogen and oxygen atoms in total. The predicted molar refractivity (Wildman–Crippen MR) is 112 cm³/mol. The Labute approximate surface area is 169 Å². The van der Waals surface area contributed by atoms with Crippen molar-refractivity contribution in [2.24, 2.45) is 0 Å². The number of carbonyl (C=O) groups excluding carboxylic acids is 1. The Bertz CT molecular complexity index is 923. The van der Waals surface area contributed by atoms with E-state index in [0.717, 1.165) is 39.7 Å². The minimum Gasteiger partial charge on any atom is -0.496 e. The number of carbonyl (C=O) groups is 1. The fourth-order valence-corrected chi connectivity index (χ4v) is 3.83. The molecule has 2 aromatic carbocycles. The molecule has 3 aromatic rings. The number of aryl methyl sites for hydroxylation is 1. The van der Waals surface area contributed by atoms with Crippen LogP contribution in [0.4, 0.5) is 0 Å². The Morgan fingerprint density at radius 2 is 1.71 bits per heavy atom. The topological polar surface area (TPSA) is 60.5 Å². The van der Waals surface area contributed by atoms with Crippen LogP contribution in [0.25, 0.3) is 10.6 Å². The van der Waals surface area contributed by atoms with Crippen LogP contribution in [0.3, 0.4) is 0 Å². The van der Waals surface area contributed by atoms with Crippen LogP contribution in [0.15, 0.2) is 53.9 Å². The molecule has 0 fully saturated rings. The van der Waals surface area contributed by atoms with Gasteiger partial charge in [-0.2, -0.15) is 0 Å². The number of aromatic nitrogens is 1. The number of amides is 1. The fraction of sp³-hybridized carbons (Fsp3) is 0.273. The Morgan fingerprint density at radius 3 is 2.50 bits per heavy atom. The van der Waals surface area contributed by atoms with E-state index in [2.05, 4.69) is 10.3 Å². The summed E-state index contributed by atoms with van der Waals surface area (Å²) in [6.07, 6.45) is 1.78. The van der Waals surface area contributed by atoms with Gasteiger partial charge in [-0.15, -0.1) is 11.3 Å². The molecule has 1 N–H and O–H groups in total. The van der Waals surface area contributed by atoms with Crippen molar-refractivity contribution in [2.45, 2.75) is 19.3 Å². The van der Waals surface area contributed by atoms with Crippen molar-refractivity contribution in [1.29, 1.82) is 0 Å². The summed E-state index contributed by atoms with van der Waals surface area (Å²) in [7, 11) is 3.31. The lowest BCUT2D eigenvalue weighted by Gasteiger charge is -2.09. The van der Waals surface area contributed by atoms with Crippen molar-refractivity contribution >= 4 is 17.2 Å². The minimum absolute atomic E-state index is 0.0294. The molecule has 146 valence electrons. The van der Waals surface area contributed by atoms with E-state index < -0.39 is 0 Å². The molecule has 0 atom stereocenters. The third-order valence-corrected chi connectivity index (χ3v) is 5.33. The summed E-state index contributed by atoms with van der Waals surface area (Å²) in [6.45, 7) is 0.586. The van der Waals surface area contributed by atoms with E-state index in [4.69, 9.17) is 9.47 Å².